The number of aryl methyl sites for hydroxylation is 1. The third-order valence-corrected chi connectivity index (χ3v) is 4.35. The zero-order valence-corrected chi connectivity index (χ0v) is 15.5. The van der Waals surface area contributed by atoms with Crippen LogP contribution in [0.2, 0.25) is 0 Å². The standard InChI is InChI=1S/C21H21N5O/c1-14-20(16(3)26(25-14)18-10-5-4-6-11-18)23-15(2)21(27)24-19-12-8-7-9-17(19)13-22/h4-12,15,23H,1-3H3,(H,24,27). The number of hydrogen-bond donors (Lipinski definition) is 2. The monoisotopic (exact) mass is 359 g/mol. The molecule has 1 amide bonds. The molecule has 1 unspecified atom stereocenters. The summed E-state index contributed by atoms with van der Waals surface area (Å²) >= 11 is 0. The first kappa shape index (κ1) is 18.2. The highest BCUT2D eigenvalue weighted by Gasteiger charge is 2.19. The van der Waals surface area contributed by atoms with Crippen molar-refractivity contribution in [2.45, 2.75) is 26.8 Å². The summed E-state index contributed by atoms with van der Waals surface area (Å²) in [7, 11) is 0. The molecule has 0 fully saturated rings. The number of rotatable bonds is 5. The van der Waals surface area contributed by atoms with E-state index in [2.05, 4.69) is 21.8 Å². The van der Waals surface area contributed by atoms with E-state index >= 15 is 0 Å². The number of nitrogens with one attached hydrogen (secondary N) is 2. The lowest BCUT2D eigenvalue weighted by atomic mass is 10.2. The van der Waals surface area contributed by atoms with Gasteiger partial charge in [-0.2, -0.15) is 10.4 Å². The summed E-state index contributed by atoms with van der Waals surface area (Å²) in [5, 5.41) is 19.8. The second-order valence-electron chi connectivity index (χ2n) is 6.31. The maximum Gasteiger partial charge on any atom is 0.246 e. The Kier molecular flexibility index (Phi) is 5.23. The van der Waals surface area contributed by atoms with Crippen LogP contribution in [0.5, 0.6) is 0 Å². The molecule has 0 aliphatic rings. The molecule has 6 heteroatoms. The molecule has 1 heterocycles. The number of nitriles is 1. The number of anilines is 2. The summed E-state index contributed by atoms with van der Waals surface area (Å²) in [6.45, 7) is 5.65. The van der Waals surface area contributed by atoms with E-state index in [0.29, 0.717) is 11.3 Å². The largest absolute Gasteiger partial charge is 0.371 e. The molecule has 2 N–H and O–H groups in total. The maximum absolute atomic E-state index is 12.6. The van der Waals surface area contributed by atoms with Gasteiger partial charge in [0.2, 0.25) is 5.91 Å². The van der Waals surface area contributed by atoms with Gasteiger partial charge in [-0.05, 0) is 45.0 Å². The van der Waals surface area contributed by atoms with Crippen LogP contribution in [0, 0.1) is 25.2 Å². The van der Waals surface area contributed by atoms with Gasteiger partial charge in [0.05, 0.1) is 34.0 Å². The minimum atomic E-state index is -0.498. The van der Waals surface area contributed by atoms with Crippen molar-refractivity contribution in [3.8, 4) is 11.8 Å². The first-order chi connectivity index (χ1) is 13.0. The highest BCUT2D eigenvalue weighted by atomic mass is 16.2. The number of para-hydroxylation sites is 2. The van der Waals surface area contributed by atoms with Crippen molar-refractivity contribution in [1.29, 1.82) is 5.26 Å². The van der Waals surface area contributed by atoms with Gasteiger partial charge in [0.25, 0.3) is 0 Å². The maximum atomic E-state index is 12.6. The van der Waals surface area contributed by atoms with Crippen LogP contribution in [-0.2, 0) is 4.79 Å². The molecule has 0 bridgehead atoms. The van der Waals surface area contributed by atoms with E-state index in [0.717, 1.165) is 22.8 Å². The van der Waals surface area contributed by atoms with Crippen molar-refractivity contribution in [3.05, 3.63) is 71.5 Å². The Morgan fingerprint density at radius 2 is 1.78 bits per heavy atom. The molecule has 0 radical (unpaired) electrons. The van der Waals surface area contributed by atoms with E-state index < -0.39 is 6.04 Å². The second kappa shape index (κ2) is 7.75. The molecule has 2 aromatic carbocycles. The number of aromatic nitrogens is 2. The Morgan fingerprint density at radius 1 is 1.11 bits per heavy atom. The fraction of sp³-hybridized carbons (Fsp3) is 0.190. The molecule has 0 spiro atoms. The van der Waals surface area contributed by atoms with Crippen LogP contribution in [-0.4, -0.2) is 21.7 Å². The van der Waals surface area contributed by atoms with E-state index in [1.807, 2.05) is 48.9 Å². The van der Waals surface area contributed by atoms with E-state index in [4.69, 9.17) is 5.26 Å². The van der Waals surface area contributed by atoms with Crippen molar-refractivity contribution < 1.29 is 4.79 Å². The molecular weight excluding hydrogens is 338 g/mol. The second-order valence-corrected chi connectivity index (χ2v) is 6.31. The Morgan fingerprint density at radius 3 is 2.48 bits per heavy atom. The molecule has 1 aromatic heterocycles. The third kappa shape index (κ3) is 3.82. The molecule has 6 nitrogen and oxygen atoms in total. The molecule has 0 saturated carbocycles. The summed E-state index contributed by atoms with van der Waals surface area (Å²) in [6, 6.07) is 18.4. The first-order valence-electron chi connectivity index (χ1n) is 8.69. The molecule has 3 aromatic rings. The number of carbonyl (C=O) groups excluding carboxylic acids is 1. The third-order valence-electron chi connectivity index (χ3n) is 4.35. The number of carbonyl (C=O) groups is 1. The van der Waals surface area contributed by atoms with Crippen molar-refractivity contribution in [3.63, 3.8) is 0 Å². The van der Waals surface area contributed by atoms with Gasteiger partial charge in [-0.15, -0.1) is 0 Å². The summed E-state index contributed by atoms with van der Waals surface area (Å²) in [5.74, 6) is -0.219. The lowest BCUT2D eigenvalue weighted by Crippen LogP contribution is -2.32. The van der Waals surface area contributed by atoms with Crippen LogP contribution in [0.25, 0.3) is 5.69 Å². The molecule has 0 saturated heterocycles. The van der Waals surface area contributed by atoms with Crippen molar-refractivity contribution in [2.24, 2.45) is 0 Å². The van der Waals surface area contributed by atoms with Gasteiger partial charge in [-0.3, -0.25) is 4.79 Å². The SMILES string of the molecule is Cc1nn(-c2ccccc2)c(C)c1NC(C)C(=O)Nc1ccccc1C#N. The minimum absolute atomic E-state index is 0.219. The van der Waals surface area contributed by atoms with Crippen LogP contribution < -0.4 is 10.6 Å². The van der Waals surface area contributed by atoms with Crippen LogP contribution in [0.1, 0.15) is 23.9 Å². The number of amides is 1. The van der Waals surface area contributed by atoms with E-state index in [-0.39, 0.29) is 5.91 Å². The van der Waals surface area contributed by atoms with Crippen LogP contribution in [0.4, 0.5) is 11.4 Å². The fourth-order valence-corrected chi connectivity index (χ4v) is 2.88. The van der Waals surface area contributed by atoms with Crippen LogP contribution >= 0.6 is 0 Å². The quantitative estimate of drug-likeness (QED) is 0.726. The van der Waals surface area contributed by atoms with Gasteiger partial charge in [-0.1, -0.05) is 30.3 Å². The average Bonchev–Trinajstić information content (AvgIpc) is 2.97. The van der Waals surface area contributed by atoms with E-state index in [1.165, 1.54) is 0 Å². The molecular formula is C21H21N5O. The Hall–Kier alpha value is -3.59. The fourth-order valence-electron chi connectivity index (χ4n) is 2.88. The summed E-state index contributed by atoms with van der Waals surface area (Å²) in [6.07, 6.45) is 0. The first-order valence-corrected chi connectivity index (χ1v) is 8.69. The van der Waals surface area contributed by atoms with Gasteiger partial charge in [0.15, 0.2) is 0 Å². The minimum Gasteiger partial charge on any atom is -0.371 e. The normalized spacial score (nSPS) is 11.5. The summed E-state index contributed by atoms with van der Waals surface area (Å²) in [5.41, 5.74) is 4.47. The van der Waals surface area contributed by atoms with Crippen LogP contribution in [0.3, 0.4) is 0 Å². The average molecular weight is 359 g/mol. The Labute approximate surface area is 158 Å². The zero-order valence-electron chi connectivity index (χ0n) is 15.5. The predicted molar refractivity (Wildman–Crippen MR) is 106 cm³/mol. The van der Waals surface area contributed by atoms with E-state index in [1.54, 1.807) is 31.2 Å². The smallest absolute Gasteiger partial charge is 0.246 e. The summed E-state index contributed by atoms with van der Waals surface area (Å²) in [4.78, 5) is 12.6. The zero-order chi connectivity index (χ0) is 19.4. The van der Waals surface area contributed by atoms with Crippen LogP contribution in [0.15, 0.2) is 54.6 Å². The predicted octanol–water partition coefficient (Wildman–Crippen LogP) is 3.80. The van der Waals surface area contributed by atoms with Gasteiger partial charge in [-0.25, -0.2) is 4.68 Å². The number of hydrogen-bond acceptors (Lipinski definition) is 4. The molecule has 27 heavy (non-hydrogen) atoms. The lowest BCUT2D eigenvalue weighted by molar-refractivity contribution is -0.116. The Bertz CT molecular complexity index is 1000. The van der Waals surface area contributed by atoms with E-state index in [9.17, 15) is 4.79 Å². The van der Waals surface area contributed by atoms with Gasteiger partial charge in [0.1, 0.15) is 12.1 Å². The number of nitrogens with zero attached hydrogens (tertiary/aromatic N) is 3. The topological polar surface area (TPSA) is 82.7 Å². The van der Waals surface area contributed by atoms with Gasteiger partial charge < -0.3 is 10.6 Å². The van der Waals surface area contributed by atoms with Gasteiger partial charge >= 0.3 is 0 Å². The molecule has 0 aliphatic heterocycles. The highest BCUT2D eigenvalue weighted by molar-refractivity contribution is 5.97. The lowest BCUT2D eigenvalue weighted by Gasteiger charge is -2.16. The Balaban J connectivity index is 1.78. The molecule has 136 valence electrons. The number of benzene rings is 2. The highest BCUT2D eigenvalue weighted by Crippen LogP contribution is 2.24. The summed E-state index contributed by atoms with van der Waals surface area (Å²) < 4.78 is 1.85. The molecule has 0 aliphatic carbocycles. The molecule has 1 atom stereocenters. The molecule has 3 rings (SSSR count). The van der Waals surface area contributed by atoms with Crippen molar-refractivity contribution in [1.82, 2.24) is 9.78 Å². The van der Waals surface area contributed by atoms with Crippen molar-refractivity contribution >= 4 is 17.3 Å². The van der Waals surface area contributed by atoms with Crippen molar-refractivity contribution in [2.75, 3.05) is 10.6 Å². The van der Waals surface area contributed by atoms with Gasteiger partial charge in [0, 0.05) is 0 Å².